The molecule has 1 amide bonds. The van der Waals surface area contributed by atoms with Crippen LogP contribution in [0.3, 0.4) is 0 Å². The number of carboxylic acid groups (broad SMARTS) is 1. The van der Waals surface area contributed by atoms with Gasteiger partial charge in [0.25, 0.3) is 0 Å². The zero-order valence-electron chi connectivity index (χ0n) is 9.32. The van der Waals surface area contributed by atoms with E-state index in [9.17, 15) is 9.59 Å². The van der Waals surface area contributed by atoms with Crippen molar-refractivity contribution in [1.82, 2.24) is 10.2 Å². The summed E-state index contributed by atoms with van der Waals surface area (Å²) in [4.78, 5) is 24.5. The number of hydrogen-bond donors (Lipinski definition) is 2. The number of carbonyl (C=O) groups excluding carboxylic acids is 1. The minimum Gasteiger partial charge on any atom is -0.481 e. The highest BCUT2D eigenvalue weighted by atomic mass is 16.4. The summed E-state index contributed by atoms with van der Waals surface area (Å²) in [5.74, 6) is -0.560. The molecule has 2 rings (SSSR count). The molecule has 2 N–H and O–H groups in total. The normalized spacial score (nSPS) is 26.2. The average molecular weight is 226 g/mol. The molecule has 2 heterocycles. The van der Waals surface area contributed by atoms with Gasteiger partial charge in [-0.3, -0.25) is 9.59 Å². The first kappa shape index (κ1) is 11.4. The largest absolute Gasteiger partial charge is 0.481 e. The van der Waals surface area contributed by atoms with Crippen LogP contribution in [0.2, 0.25) is 0 Å². The molecule has 0 aromatic heterocycles. The van der Waals surface area contributed by atoms with Crippen LogP contribution in [0.1, 0.15) is 19.3 Å². The lowest BCUT2D eigenvalue weighted by atomic mass is 9.95. The molecule has 2 aliphatic heterocycles. The van der Waals surface area contributed by atoms with E-state index in [1.165, 1.54) is 0 Å². The summed E-state index contributed by atoms with van der Waals surface area (Å²) in [6, 6.07) is 0. The third-order valence-electron chi connectivity index (χ3n) is 3.45. The molecule has 1 atom stereocenters. The zero-order valence-corrected chi connectivity index (χ0v) is 9.32. The topological polar surface area (TPSA) is 69.6 Å². The molecule has 0 radical (unpaired) electrons. The van der Waals surface area contributed by atoms with E-state index in [0.29, 0.717) is 25.3 Å². The van der Waals surface area contributed by atoms with Crippen LogP contribution >= 0.6 is 0 Å². The molecule has 90 valence electrons. The number of nitrogens with zero attached hydrogens (tertiary/aromatic N) is 1. The quantitative estimate of drug-likeness (QED) is 0.706. The molecule has 0 saturated carbocycles. The van der Waals surface area contributed by atoms with E-state index in [2.05, 4.69) is 5.32 Å². The van der Waals surface area contributed by atoms with Crippen molar-refractivity contribution in [2.75, 3.05) is 26.2 Å². The van der Waals surface area contributed by atoms with Gasteiger partial charge in [-0.15, -0.1) is 0 Å². The van der Waals surface area contributed by atoms with E-state index < -0.39 is 5.97 Å². The molecule has 5 heteroatoms. The van der Waals surface area contributed by atoms with Crippen molar-refractivity contribution in [3.63, 3.8) is 0 Å². The number of aliphatic carboxylic acids is 1. The predicted octanol–water partition coefficient (Wildman–Crippen LogP) is -0.0809. The highest BCUT2D eigenvalue weighted by molar-refractivity contribution is 5.78. The zero-order chi connectivity index (χ0) is 11.5. The molecule has 0 aromatic rings. The van der Waals surface area contributed by atoms with Gasteiger partial charge in [0.05, 0.1) is 5.92 Å². The summed E-state index contributed by atoms with van der Waals surface area (Å²) >= 11 is 0. The SMILES string of the molecule is O=C(O)C1CCCN(C(=O)CC2CNC2)C1. The maximum atomic E-state index is 11.9. The van der Waals surface area contributed by atoms with Crippen molar-refractivity contribution in [2.45, 2.75) is 19.3 Å². The van der Waals surface area contributed by atoms with Crippen LogP contribution in [0.25, 0.3) is 0 Å². The molecule has 0 bridgehead atoms. The Balaban J connectivity index is 1.83. The Morgan fingerprint density at radius 2 is 2.12 bits per heavy atom. The van der Waals surface area contributed by atoms with Gasteiger partial charge in [0, 0.05) is 19.5 Å². The summed E-state index contributed by atoms with van der Waals surface area (Å²) in [7, 11) is 0. The lowest BCUT2D eigenvalue weighted by Gasteiger charge is -2.33. The van der Waals surface area contributed by atoms with Crippen LogP contribution in [0, 0.1) is 11.8 Å². The maximum Gasteiger partial charge on any atom is 0.308 e. The van der Waals surface area contributed by atoms with Gasteiger partial charge in [0.1, 0.15) is 0 Å². The fraction of sp³-hybridized carbons (Fsp3) is 0.818. The minimum absolute atomic E-state index is 0.123. The first-order valence-corrected chi connectivity index (χ1v) is 5.88. The second kappa shape index (κ2) is 4.82. The Morgan fingerprint density at radius 1 is 1.38 bits per heavy atom. The molecular formula is C11H18N2O3. The van der Waals surface area contributed by atoms with E-state index in [1.807, 2.05) is 0 Å². The Labute approximate surface area is 94.8 Å². The Bertz CT molecular complexity index is 289. The smallest absolute Gasteiger partial charge is 0.308 e. The summed E-state index contributed by atoms with van der Waals surface area (Å²) < 4.78 is 0. The van der Waals surface area contributed by atoms with Crippen LogP contribution in [0.15, 0.2) is 0 Å². The summed E-state index contributed by atoms with van der Waals surface area (Å²) in [5, 5.41) is 12.1. The van der Waals surface area contributed by atoms with E-state index in [4.69, 9.17) is 5.11 Å². The molecule has 2 fully saturated rings. The molecule has 0 aliphatic carbocycles. The van der Waals surface area contributed by atoms with Crippen LogP contribution in [-0.2, 0) is 9.59 Å². The number of carbonyl (C=O) groups is 2. The summed E-state index contributed by atoms with van der Waals surface area (Å²) in [6.45, 7) is 2.96. The predicted molar refractivity (Wildman–Crippen MR) is 57.9 cm³/mol. The Hall–Kier alpha value is -1.10. The molecule has 2 aliphatic rings. The number of hydrogen-bond acceptors (Lipinski definition) is 3. The van der Waals surface area contributed by atoms with E-state index in [-0.39, 0.29) is 11.8 Å². The maximum absolute atomic E-state index is 11.9. The van der Waals surface area contributed by atoms with Crippen LogP contribution in [-0.4, -0.2) is 48.1 Å². The van der Waals surface area contributed by atoms with Crippen molar-refractivity contribution in [1.29, 1.82) is 0 Å². The number of amides is 1. The number of carboxylic acids is 1. The molecule has 16 heavy (non-hydrogen) atoms. The highest BCUT2D eigenvalue weighted by Gasteiger charge is 2.30. The van der Waals surface area contributed by atoms with Gasteiger partial charge in [-0.05, 0) is 31.8 Å². The fourth-order valence-electron chi connectivity index (χ4n) is 2.27. The molecule has 0 aromatic carbocycles. The number of piperidine rings is 1. The van der Waals surface area contributed by atoms with Crippen molar-refractivity contribution in [2.24, 2.45) is 11.8 Å². The number of nitrogens with one attached hydrogen (secondary N) is 1. The first-order chi connectivity index (χ1) is 7.66. The Kier molecular flexibility index (Phi) is 3.43. The second-order valence-corrected chi connectivity index (χ2v) is 4.75. The van der Waals surface area contributed by atoms with Crippen LogP contribution < -0.4 is 5.32 Å². The van der Waals surface area contributed by atoms with Gasteiger partial charge in [-0.2, -0.15) is 0 Å². The monoisotopic (exact) mass is 226 g/mol. The molecule has 1 unspecified atom stereocenters. The van der Waals surface area contributed by atoms with Gasteiger partial charge < -0.3 is 15.3 Å². The number of rotatable bonds is 3. The fourth-order valence-corrected chi connectivity index (χ4v) is 2.27. The first-order valence-electron chi connectivity index (χ1n) is 5.88. The average Bonchev–Trinajstić information content (AvgIpc) is 2.23. The summed E-state index contributed by atoms with van der Waals surface area (Å²) in [6.07, 6.45) is 2.08. The molecule has 5 nitrogen and oxygen atoms in total. The summed E-state index contributed by atoms with van der Waals surface area (Å²) in [5.41, 5.74) is 0. The van der Waals surface area contributed by atoms with Crippen molar-refractivity contribution >= 4 is 11.9 Å². The van der Waals surface area contributed by atoms with Crippen LogP contribution in [0.5, 0.6) is 0 Å². The van der Waals surface area contributed by atoms with E-state index in [1.54, 1.807) is 4.90 Å². The van der Waals surface area contributed by atoms with Gasteiger partial charge in [-0.1, -0.05) is 0 Å². The lowest BCUT2D eigenvalue weighted by molar-refractivity contribution is -0.146. The highest BCUT2D eigenvalue weighted by Crippen LogP contribution is 2.19. The van der Waals surface area contributed by atoms with Gasteiger partial charge in [-0.25, -0.2) is 0 Å². The van der Waals surface area contributed by atoms with Gasteiger partial charge in [0.2, 0.25) is 5.91 Å². The van der Waals surface area contributed by atoms with Crippen molar-refractivity contribution in [3.8, 4) is 0 Å². The van der Waals surface area contributed by atoms with E-state index >= 15 is 0 Å². The van der Waals surface area contributed by atoms with E-state index in [0.717, 1.165) is 26.1 Å². The van der Waals surface area contributed by atoms with Crippen molar-refractivity contribution < 1.29 is 14.7 Å². The molecular weight excluding hydrogens is 208 g/mol. The van der Waals surface area contributed by atoms with Gasteiger partial charge in [0.15, 0.2) is 0 Å². The second-order valence-electron chi connectivity index (χ2n) is 4.75. The molecule has 2 saturated heterocycles. The van der Waals surface area contributed by atoms with Gasteiger partial charge >= 0.3 is 5.97 Å². The third-order valence-corrected chi connectivity index (χ3v) is 3.45. The number of likely N-dealkylation sites (tertiary alicyclic amines) is 1. The Morgan fingerprint density at radius 3 is 2.69 bits per heavy atom. The molecule has 0 spiro atoms. The third kappa shape index (κ3) is 2.52. The minimum atomic E-state index is -0.775. The van der Waals surface area contributed by atoms with Crippen molar-refractivity contribution in [3.05, 3.63) is 0 Å². The van der Waals surface area contributed by atoms with Crippen LogP contribution in [0.4, 0.5) is 0 Å². The lowest BCUT2D eigenvalue weighted by Crippen LogP contribution is -2.47. The standard InChI is InChI=1S/C11H18N2O3/c14-10(4-8-5-12-6-8)13-3-1-2-9(7-13)11(15)16/h8-9,12H,1-7H2,(H,15,16).